The zero-order valence-corrected chi connectivity index (χ0v) is 27.2. The molecule has 0 spiro atoms. The second kappa shape index (κ2) is 14.7. The van der Waals surface area contributed by atoms with Gasteiger partial charge in [0, 0.05) is 12.8 Å². The molecule has 0 aliphatic carbocycles. The van der Waals surface area contributed by atoms with Crippen LogP contribution in [0.4, 0.5) is 0 Å². The Kier molecular flexibility index (Phi) is 11.5. The first-order chi connectivity index (χ1) is 21.0. The van der Waals surface area contributed by atoms with Crippen molar-refractivity contribution in [1.29, 1.82) is 0 Å². The summed E-state index contributed by atoms with van der Waals surface area (Å²) in [4.78, 5) is 38.1. The van der Waals surface area contributed by atoms with Crippen LogP contribution in [-0.2, 0) is 50.6 Å². The Morgan fingerprint density at radius 2 is 1.51 bits per heavy atom. The first-order valence-electron chi connectivity index (χ1n) is 14.6. The summed E-state index contributed by atoms with van der Waals surface area (Å²) in [7, 11) is 0. The van der Waals surface area contributed by atoms with E-state index in [-0.39, 0.29) is 36.0 Å². The van der Waals surface area contributed by atoms with Crippen LogP contribution in [0.1, 0.15) is 89.3 Å². The number of fused-ring (bicyclic) bond motifs is 8. The number of carboxylic acid groups (broad SMARTS) is 2. The molecule has 10 heteroatoms. The SMILES string of the molecule is C=Cc1c2[n-]c(c1C)/C=c1\[n-]/c(c(C)c1CC)=C\c1[n-]c(c(CCC(=O)O)c1C)/C=C1\[N-]C(C2)C(C)=C1CCC(=O)O.[C-]#[O+].[Fe+5]. The van der Waals surface area contributed by atoms with Gasteiger partial charge in [0.25, 0.3) is 0 Å². The van der Waals surface area contributed by atoms with E-state index in [1.165, 1.54) is 0 Å². The Hall–Kier alpha value is -4.20. The molecule has 5 rings (SSSR count). The molecule has 8 bridgehead atoms. The van der Waals surface area contributed by atoms with Gasteiger partial charge >= 0.3 is 40.3 Å². The summed E-state index contributed by atoms with van der Waals surface area (Å²) in [5.74, 6) is -1.75. The second-order valence-corrected chi connectivity index (χ2v) is 11.1. The van der Waals surface area contributed by atoms with Gasteiger partial charge in [-0.3, -0.25) is 9.59 Å². The number of hydrogen-bond donors (Lipinski definition) is 2. The third-order valence-corrected chi connectivity index (χ3v) is 8.65. The molecule has 2 N–H and O–H groups in total. The number of nitrogens with zero attached hydrogens (tertiary/aromatic N) is 4. The molecule has 0 fully saturated rings. The molecule has 2 aliphatic rings. The van der Waals surface area contributed by atoms with Crippen LogP contribution >= 0.6 is 0 Å². The van der Waals surface area contributed by atoms with Crippen molar-refractivity contribution >= 4 is 36.2 Å². The molecule has 3 aromatic rings. The first kappa shape index (κ1) is 35.3. The van der Waals surface area contributed by atoms with Crippen LogP contribution in [0.5, 0.6) is 0 Å². The monoisotopic (exact) mass is 648 g/mol. The Bertz CT molecular complexity index is 1850. The van der Waals surface area contributed by atoms with E-state index in [0.717, 1.165) is 78.7 Å². The molecule has 5 heterocycles. The first-order valence-corrected chi connectivity index (χ1v) is 14.6. The fourth-order valence-corrected chi connectivity index (χ4v) is 6.18. The smallest absolute Gasteiger partial charge is 5.00 e. The minimum Gasteiger partial charge on any atom is 5.00 e. The van der Waals surface area contributed by atoms with Gasteiger partial charge in [-0.15, -0.1) is 33.5 Å². The van der Waals surface area contributed by atoms with E-state index < -0.39 is 11.9 Å². The van der Waals surface area contributed by atoms with Crippen molar-refractivity contribution in [3.8, 4) is 0 Å². The average Bonchev–Trinajstić information content (AvgIpc) is 3.64. The average molecular weight is 649 g/mol. The quantitative estimate of drug-likeness (QED) is 0.212. The Morgan fingerprint density at radius 3 is 2.13 bits per heavy atom. The molecule has 0 aromatic carbocycles. The minimum absolute atomic E-state index is 0. The molecule has 2 aliphatic heterocycles. The molecule has 0 saturated carbocycles. The van der Waals surface area contributed by atoms with Gasteiger partial charge in [0.05, 0.1) is 0 Å². The van der Waals surface area contributed by atoms with Gasteiger partial charge in [0.2, 0.25) is 0 Å². The molecular weight excluding hydrogens is 612 g/mol. The maximum absolute atomic E-state index is 11.5. The number of hydrogen-bond acceptors (Lipinski definition) is 2. The topological polar surface area (TPSA) is 151 Å². The molecular formula is C35H36FeN4O5+. The van der Waals surface area contributed by atoms with Crippen molar-refractivity contribution in [3.05, 3.63) is 102 Å². The van der Waals surface area contributed by atoms with E-state index in [1.807, 2.05) is 38.2 Å². The summed E-state index contributed by atoms with van der Waals surface area (Å²) in [5, 5.41) is 25.7. The van der Waals surface area contributed by atoms with Crippen molar-refractivity contribution in [1.82, 2.24) is 15.0 Å². The molecule has 45 heavy (non-hydrogen) atoms. The maximum atomic E-state index is 11.5. The van der Waals surface area contributed by atoms with Gasteiger partial charge in [-0.05, 0) is 52.5 Å². The molecule has 233 valence electrons. The summed E-state index contributed by atoms with van der Waals surface area (Å²) in [5.41, 5.74) is 11.8. The van der Waals surface area contributed by atoms with E-state index in [0.29, 0.717) is 30.7 Å². The van der Waals surface area contributed by atoms with E-state index in [2.05, 4.69) is 34.0 Å². The predicted octanol–water partition coefficient (Wildman–Crippen LogP) is 4.16. The van der Waals surface area contributed by atoms with Crippen LogP contribution in [-0.4, -0.2) is 28.2 Å². The molecule has 1 radical (unpaired) electrons. The van der Waals surface area contributed by atoms with Crippen LogP contribution in [0, 0.1) is 27.4 Å². The van der Waals surface area contributed by atoms with Gasteiger partial charge in [-0.25, -0.2) is 0 Å². The molecule has 9 nitrogen and oxygen atoms in total. The van der Waals surface area contributed by atoms with Crippen molar-refractivity contribution in [2.75, 3.05) is 0 Å². The van der Waals surface area contributed by atoms with Crippen LogP contribution < -0.4 is 25.7 Å². The number of rotatable bonds is 8. The summed E-state index contributed by atoms with van der Waals surface area (Å²) < 4.78 is 7.50. The molecule has 1 atom stereocenters. The third kappa shape index (κ3) is 7.05. The summed E-state index contributed by atoms with van der Waals surface area (Å²) >= 11 is 0. The predicted molar refractivity (Wildman–Crippen MR) is 168 cm³/mol. The standard InChI is InChI=1S/C34H36N4O4.CO.Fe/c1-7-21-17(3)25-13-26-19(5)23(9-11-33(39)40)31(37-26)16-32-24(10-12-34(41)42)20(6)28(38-32)15-30-22(8-2)18(4)27(36-30)14-29(21)35-25;1-2;/h8,13-14,16,28H,2,7,9-12,15H2,1,3-6H3,(H,39,40)(H,41,42);;/q-4;;+5/b25-13-,29-14-,32-16-;;. The Morgan fingerprint density at radius 1 is 0.889 bits per heavy atom. The van der Waals surface area contributed by atoms with Crippen LogP contribution in [0.3, 0.4) is 0 Å². The molecule has 3 aromatic heterocycles. The minimum atomic E-state index is -0.877. The van der Waals surface area contributed by atoms with Crippen LogP contribution in [0.25, 0.3) is 29.6 Å². The fourth-order valence-electron chi connectivity index (χ4n) is 6.18. The van der Waals surface area contributed by atoms with E-state index in [4.69, 9.17) is 24.9 Å². The van der Waals surface area contributed by atoms with E-state index in [1.54, 1.807) is 0 Å². The number of carboxylic acids is 2. The zero-order chi connectivity index (χ0) is 32.3. The fraction of sp³-hybridized carbons (Fsp3) is 0.343. The third-order valence-electron chi connectivity index (χ3n) is 8.65. The summed E-state index contributed by atoms with van der Waals surface area (Å²) in [6.45, 7) is 18.8. The van der Waals surface area contributed by atoms with E-state index in [9.17, 15) is 19.8 Å². The van der Waals surface area contributed by atoms with Crippen LogP contribution in [0.15, 0.2) is 23.4 Å². The van der Waals surface area contributed by atoms with Crippen LogP contribution in [0.2, 0.25) is 0 Å². The largest absolute Gasteiger partial charge is 5.00 e. The van der Waals surface area contributed by atoms with Gasteiger partial charge in [0.1, 0.15) is 0 Å². The van der Waals surface area contributed by atoms with Gasteiger partial charge in [-0.1, -0.05) is 89.2 Å². The Labute approximate surface area is 273 Å². The normalized spacial score (nSPS) is 17.7. The number of aromatic nitrogens is 3. The second-order valence-electron chi connectivity index (χ2n) is 11.1. The van der Waals surface area contributed by atoms with Crippen molar-refractivity contribution in [2.24, 2.45) is 0 Å². The van der Waals surface area contributed by atoms with Gasteiger partial charge in [0.15, 0.2) is 0 Å². The summed E-state index contributed by atoms with van der Waals surface area (Å²) in [6, 6.07) is -0.213. The number of allylic oxidation sites excluding steroid dienone is 1. The molecule has 1 unspecified atom stereocenters. The van der Waals surface area contributed by atoms with Gasteiger partial charge in [-0.2, -0.15) is 5.69 Å². The number of aliphatic carboxylic acids is 2. The van der Waals surface area contributed by atoms with Crippen molar-refractivity contribution < 1.29 is 41.5 Å². The van der Waals surface area contributed by atoms with Crippen molar-refractivity contribution in [3.63, 3.8) is 0 Å². The maximum Gasteiger partial charge on any atom is 5.00 e. The number of carbonyl (C=O) groups is 2. The Balaban J connectivity index is 0.00000180. The van der Waals surface area contributed by atoms with Gasteiger partial charge < -0.3 is 30.5 Å². The van der Waals surface area contributed by atoms with E-state index >= 15 is 0 Å². The summed E-state index contributed by atoms with van der Waals surface area (Å²) in [6.07, 6.45) is 9.77. The van der Waals surface area contributed by atoms with Crippen molar-refractivity contribution in [2.45, 2.75) is 79.2 Å². The molecule has 0 saturated heterocycles. The zero-order valence-electron chi connectivity index (χ0n) is 26.1. The molecule has 0 amide bonds.